The van der Waals surface area contributed by atoms with Crippen LogP contribution in [0, 0.1) is 0 Å². The number of benzene rings is 4. The lowest BCUT2D eigenvalue weighted by atomic mass is 10.0. The number of nitrogens with one attached hydrogen (secondary N) is 2. The molecular weight excluding hydrogens is 372 g/mol. The van der Waals surface area contributed by atoms with Crippen molar-refractivity contribution in [1.29, 1.82) is 0 Å². The molecule has 2 N–H and O–H groups in total. The third kappa shape index (κ3) is 4.28. The molecule has 1 amide bonds. The third-order valence-electron chi connectivity index (χ3n) is 4.72. The molecule has 146 valence electrons. The second-order valence-electron chi connectivity index (χ2n) is 6.74. The van der Waals surface area contributed by atoms with Crippen LogP contribution in [0.4, 0.5) is 11.4 Å². The molecule has 4 aromatic rings. The highest BCUT2D eigenvalue weighted by Crippen LogP contribution is 2.24. The number of anilines is 2. The number of carbonyl (C=O) groups is 2. The SMILES string of the molecule is O=C(Nc1cccc2ccccc12)C(=CNc1ccccc1)C(=O)c1ccccc1. The first kappa shape index (κ1) is 19.2. The number of amides is 1. The van der Waals surface area contributed by atoms with E-state index in [0.717, 1.165) is 16.5 Å². The first-order valence-corrected chi connectivity index (χ1v) is 9.63. The molecule has 0 saturated heterocycles. The number of carbonyl (C=O) groups excluding carboxylic acids is 2. The lowest BCUT2D eigenvalue weighted by Gasteiger charge is -2.12. The standard InChI is InChI=1S/C26H20N2O2/c29-25(20-11-3-1-4-12-20)23(18-27-21-14-5-2-6-15-21)26(30)28-24-17-9-13-19-10-7-8-16-22(19)24/h1-18,27H,(H,28,30). The lowest BCUT2D eigenvalue weighted by molar-refractivity contribution is -0.112. The van der Waals surface area contributed by atoms with Crippen molar-refractivity contribution in [1.82, 2.24) is 0 Å². The lowest BCUT2D eigenvalue weighted by Crippen LogP contribution is -2.22. The Balaban J connectivity index is 1.67. The number of hydrogen-bond acceptors (Lipinski definition) is 3. The second-order valence-corrected chi connectivity index (χ2v) is 6.74. The van der Waals surface area contributed by atoms with Gasteiger partial charge in [0.2, 0.25) is 0 Å². The van der Waals surface area contributed by atoms with Crippen LogP contribution in [0.5, 0.6) is 0 Å². The first-order chi connectivity index (χ1) is 14.7. The first-order valence-electron chi connectivity index (χ1n) is 9.63. The molecule has 0 fully saturated rings. The van der Waals surface area contributed by atoms with Gasteiger partial charge in [-0.3, -0.25) is 9.59 Å². The Morgan fingerprint density at radius 3 is 2.07 bits per heavy atom. The summed E-state index contributed by atoms with van der Waals surface area (Å²) < 4.78 is 0. The summed E-state index contributed by atoms with van der Waals surface area (Å²) in [6, 6.07) is 31.6. The minimum Gasteiger partial charge on any atom is -0.361 e. The molecule has 0 spiro atoms. The number of Topliss-reactive ketones (excluding diaryl/α,β-unsaturated/α-hetero) is 1. The molecule has 0 saturated carbocycles. The van der Waals surface area contributed by atoms with Crippen LogP contribution >= 0.6 is 0 Å². The highest BCUT2D eigenvalue weighted by atomic mass is 16.2. The van der Waals surface area contributed by atoms with E-state index in [-0.39, 0.29) is 11.4 Å². The molecule has 0 aliphatic carbocycles. The van der Waals surface area contributed by atoms with E-state index >= 15 is 0 Å². The van der Waals surface area contributed by atoms with Crippen molar-refractivity contribution in [3.8, 4) is 0 Å². The molecule has 30 heavy (non-hydrogen) atoms. The smallest absolute Gasteiger partial charge is 0.261 e. The van der Waals surface area contributed by atoms with Crippen LogP contribution in [0.2, 0.25) is 0 Å². The molecule has 0 aliphatic heterocycles. The van der Waals surface area contributed by atoms with Gasteiger partial charge in [-0.25, -0.2) is 0 Å². The topological polar surface area (TPSA) is 58.2 Å². The Morgan fingerprint density at radius 2 is 1.30 bits per heavy atom. The fourth-order valence-electron chi connectivity index (χ4n) is 3.19. The van der Waals surface area contributed by atoms with E-state index < -0.39 is 5.91 Å². The van der Waals surface area contributed by atoms with Crippen LogP contribution in [0.25, 0.3) is 10.8 Å². The van der Waals surface area contributed by atoms with Gasteiger partial charge in [-0.05, 0) is 23.6 Å². The van der Waals surface area contributed by atoms with Gasteiger partial charge in [0.25, 0.3) is 5.91 Å². The molecule has 4 nitrogen and oxygen atoms in total. The Morgan fingerprint density at radius 1 is 0.667 bits per heavy atom. The molecule has 4 heteroatoms. The molecule has 0 aromatic heterocycles. The number of para-hydroxylation sites is 1. The van der Waals surface area contributed by atoms with Crippen LogP contribution in [0.15, 0.2) is 115 Å². The summed E-state index contributed by atoms with van der Waals surface area (Å²) in [5, 5.41) is 7.88. The highest BCUT2D eigenvalue weighted by Gasteiger charge is 2.20. The number of fused-ring (bicyclic) bond motifs is 1. The summed E-state index contributed by atoms with van der Waals surface area (Å²) in [5.74, 6) is -0.819. The van der Waals surface area contributed by atoms with Gasteiger partial charge in [0, 0.05) is 28.5 Å². The van der Waals surface area contributed by atoms with E-state index in [1.165, 1.54) is 6.20 Å². The number of rotatable bonds is 6. The maximum Gasteiger partial charge on any atom is 0.261 e. The normalized spacial score (nSPS) is 11.1. The average Bonchev–Trinajstić information content (AvgIpc) is 2.80. The fourth-order valence-corrected chi connectivity index (χ4v) is 3.19. The largest absolute Gasteiger partial charge is 0.361 e. The van der Waals surface area contributed by atoms with E-state index in [4.69, 9.17) is 0 Å². The van der Waals surface area contributed by atoms with Crippen LogP contribution in [0.3, 0.4) is 0 Å². The van der Waals surface area contributed by atoms with Crippen molar-refractivity contribution in [2.75, 3.05) is 10.6 Å². The minimum atomic E-state index is -0.469. The zero-order valence-electron chi connectivity index (χ0n) is 16.2. The summed E-state index contributed by atoms with van der Waals surface area (Å²) in [6.45, 7) is 0. The Labute approximate surface area is 174 Å². The van der Waals surface area contributed by atoms with E-state index in [2.05, 4.69) is 10.6 Å². The van der Waals surface area contributed by atoms with Crippen LogP contribution < -0.4 is 10.6 Å². The quantitative estimate of drug-likeness (QED) is 0.193. The van der Waals surface area contributed by atoms with Gasteiger partial charge in [0.15, 0.2) is 5.78 Å². The maximum atomic E-state index is 13.2. The maximum absolute atomic E-state index is 13.2. The average molecular weight is 392 g/mol. The Bertz CT molecular complexity index is 1210. The van der Waals surface area contributed by atoms with Gasteiger partial charge < -0.3 is 10.6 Å². The Hall–Kier alpha value is -4.18. The van der Waals surface area contributed by atoms with Crippen molar-refractivity contribution < 1.29 is 9.59 Å². The molecule has 0 bridgehead atoms. The van der Waals surface area contributed by atoms with E-state index in [9.17, 15) is 9.59 Å². The van der Waals surface area contributed by atoms with Gasteiger partial charge in [-0.1, -0.05) is 84.9 Å². The van der Waals surface area contributed by atoms with Crippen molar-refractivity contribution >= 4 is 33.8 Å². The van der Waals surface area contributed by atoms with Crippen LogP contribution in [-0.4, -0.2) is 11.7 Å². The van der Waals surface area contributed by atoms with Gasteiger partial charge in [-0.2, -0.15) is 0 Å². The number of ketones is 1. The molecule has 0 atom stereocenters. The minimum absolute atomic E-state index is 0.0259. The van der Waals surface area contributed by atoms with E-state index in [0.29, 0.717) is 11.3 Å². The monoisotopic (exact) mass is 392 g/mol. The summed E-state index contributed by atoms with van der Waals surface area (Å²) in [4.78, 5) is 26.2. The van der Waals surface area contributed by atoms with Crippen LogP contribution in [-0.2, 0) is 4.79 Å². The van der Waals surface area contributed by atoms with Gasteiger partial charge in [-0.15, -0.1) is 0 Å². The predicted octanol–water partition coefficient (Wildman–Crippen LogP) is 5.66. The van der Waals surface area contributed by atoms with Crippen molar-refractivity contribution in [2.45, 2.75) is 0 Å². The summed E-state index contributed by atoms with van der Waals surface area (Å²) in [6.07, 6.45) is 1.46. The zero-order chi connectivity index (χ0) is 20.8. The highest BCUT2D eigenvalue weighted by molar-refractivity contribution is 6.29. The molecule has 0 heterocycles. The summed E-state index contributed by atoms with van der Waals surface area (Å²) in [5.41, 5.74) is 1.92. The van der Waals surface area contributed by atoms with Gasteiger partial charge in [0.1, 0.15) is 5.57 Å². The number of hydrogen-bond donors (Lipinski definition) is 2. The van der Waals surface area contributed by atoms with Crippen molar-refractivity contribution in [2.24, 2.45) is 0 Å². The van der Waals surface area contributed by atoms with E-state index in [1.54, 1.807) is 24.3 Å². The molecule has 4 aromatic carbocycles. The molecule has 4 rings (SSSR count). The summed E-state index contributed by atoms with van der Waals surface area (Å²) in [7, 11) is 0. The fraction of sp³-hybridized carbons (Fsp3) is 0. The third-order valence-corrected chi connectivity index (χ3v) is 4.72. The molecule has 0 unspecified atom stereocenters. The summed E-state index contributed by atoms with van der Waals surface area (Å²) >= 11 is 0. The van der Waals surface area contributed by atoms with Gasteiger partial charge in [0.05, 0.1) is 0 Å². The molecule has 0 radical (unpaired) electrons. The van der Waals surface area contributed by atoms with Crippen molar-refractivity contribution in [3.05, 3.63) is 120 Å². The predicted molar refractivity (Wildman–Crippen MR) is 121 cm³/mol. The van der Waals surface area contributed by atoms with E-state index in [1.807, 2.05) is 78.9 Å². The zero-order valence-corrected chi connectivity index (χ0v) is 16.2. The van der Waals surface area contributed by atoms with Gasteiger partial charge >= 0.3 is 0 Å². The Kier molecular flexibility index (Phi) is 5.67. The molecule has 0 aliphatic rings. The molecular formula is C26H20N2O2. The second kappa shape index (κ2) is 8.88. The van der Waals surface area contributed by atoms with Crippen molar-refractivity contribution in [3.63, 3.8) is 0 Å². The van der Waals surface area contributed by atoms with Crippen LogP contribution in [0.1, 0.15) is 10.4 Å².